The van der Waals surface area contributed by atoms with E-state index in [0.29, 0.717) is 11.3 Å². The summed E-state index contributed by atoms with van der Waals surface area (Å²) in [6, 6.07) is 9.98. The van der Waals surface area contributed by atoms with Crippen LogP contribution in [-0.2, 0) is 23.9 Å². The van der Waals surface area contributed by atoms with Crippen molar-refractivity contribution in [3.8, 4) is 0 Å². The number of amides is 2. The van der Waals surface area contributed by atoms with Gasteiger partial charge in [0.05, 0.1) is 25.6 Å². The second kappa shape index (κ2) is 11.4. The van der Waals surface area contributed by atoms with E-state index in [1.165, 1.54) is 50.4 Å². The Hall–Kier alpha value is -4.28. The Labute approximate surface area is 189 Å². The quantitative estimate of drug-likeness (QED) is 0.330. The summed E-state index contributed by atoms with van der Waals surface area (Å²) < 4.78 is 9.55. The molecule has 0 spiro atoms. The van der Waals surface area contributed by atoms with Crippen LogP contribution in [0.5, 0.6) is 0 Å². The molecule has 0 aromatic heterocycles. The molecule has 0 heterocycles. The number of carbonyl (C=O) groups is 4. The molecular formula is C22H23N3O8. The number of rotatable bonds is 9. The lowest BCUT2D eigenvalue weighted by molar-refractivity contribution is -0.384. The van der Waals surface area contributed by atoms with Gasteiger partial charge in [-0.3, -0.25) is 24.5 Å². The molecule has 33 heavy (non-hydrogen) atoms. The molecule has 0 radical (unpaired) electrons. The van der Waals surface area contributed by atoms with Gasteiger partial charge in [0, 0.05) is 36.2 Å². The Kier molecular flexibility index (Phi) is 8.61. The van der Waals surface area contributed by atoms with Crippen LogP contribution < -0.4 is 10.6 Å². The van der Waals surface area contributed by atoms with E-state index in [1.54, 1.807) is 12.1 Å². The standard InChI is InChI=1S/C22H23N3O8/c1-13(26)23-16-6-4-5-15(11-16)21(28)24-20(22(29)33-3)18(12-19(27)32-2)14-7-9-17(10-8-14)25(30)31/h4-11,18,20H,12H2,1-3H3,(H,23,26)(H,24,28)/t18-,20-/m0/s1. The van der Waals surface area contributed by atoms with Gasteiger partial charge in [0.1, 0.15) is 6.04 Å². The normalized spacial score (nSPS) is 12.1. The summed E-state index contributed by atoms with van der Waals surface area (Å²) in [5.41, 5.74) is 0.736. The molecule has 2 amide bonds. The summed E-state index contributed by atoms with van der Waals surface area (Å²) in [4.78, 5) is 59.2. The van der Waals surface area contributed by atoms with E-state index in [4.69, 9.17) is 9.47 Å². The maximum absolute atomic E-state index is 12.9. The minimum Gasteiger partial charge on any atom is -0.469 e. The molecule has 11 nitrogen and oxygen atoms in total. The van der Waals surface area contributed by atoms with Crippen LogP contribution in [0.4, 0.5) is 11.4 Å². The van der Waals surface area contributed by atoms with Crippen LogP contribution in [0.2, 0.25) is 0 Å². The minimum atomic E-state index is -1.31. The monoisotopic (exact) mass is 457 g/mol. The van der Waals surface area contributed by atoms with E-state index >= 15 is 0 Å². The maximum atomic E-state index is 12.9. The van der Waals surface area contributed by atoms with Gasteiger partial charge in [-0.2, -0.15) is 0 Å². The van der Waals surface area contributed by atoms with Crippen LogP contribution in [0.1, 0.15) is 35.2 Å². The van der Waals surface area contributed by atoms with Crippen molar-refractivity contribution < 1.29 is 33.6 Å². The van der Waals surface area contributed by atoms with Gasteiger partial charge < -0.3 is 20.1 Å². The molecule has 0 aliphatic rings. The molecule has 2 aromatic carbocycles. The maximum Gasteiger partial charge on any atom is 0.329 e. The number of non-ortho nitro benzene ring substituents is 1. The van der Waals surface area contributed by atoms with Crippen LogP contribution in [0, 0.1) is 10.1 Å². The number of nitro groups is 1. The highest BCUT2D eigenvalue weighted by atomic mass is 16.6. The van der Waals surface area contributed by atoms with Crippen LogP contribution in [-0.4, -0.2) is 48.9 Å². The number of methoxy groups -OCH3 is 2. The third kappa shape index (κ3) is 6.86. The van der Waals surface area contributed by atoms with Crippen molar-refractivity contribution in [2.75, 3.05) is 19.5 Å². The zero-order valence-corrected chi connectivity index (χ0v) is 18.2. The largest absolute Gasteiger partial charge is 0.469 e. The Balaban J connectivity index is 2.41. The molecular weight excluding hydrogens is 434 g/mol. The summed E-state index contributed by atoms with van der Waals surface area (Å²) in [6.45, 7) is 1.32. The van der Waals surface area contributed by atoms with Crippen LogP contribution in [0.15, 0.2) is 48.5 Å². The lowest BCUT2D eigenvalue weighted by atomic mass is 9.88. The Bertz CT molecular complexity index is 1050. The topological polar surface area (TPSA) is 154 Å². The Morgan fingerprint density at radius 2 is 1.70 bits per heavy atom. The van der Waals surface area contributed by atoms with Gasteiger partial charge >= 0.3 is 11.9 Å². The molecule has 2 aromatic rings. The average Bonchev–Trinajstić information content (AvgIpc) is 2.80. The second-order valence-electron chi connectivity index (χ2n) is 6.97. The highest BCUT2D eigenvalue weighted by Crippen LogP contribution is 2.27. The molecule has 11 heteroatoms. The van der Waals surface area contributed by atoms with Gasteiger partial charge in [-0.1, -0.05) is 18.2 Å². The second-order valence-corrected chi connectivity index (χ2v) is 6.97. The summed E-state index contributed by atoms with van der Waals surface area (Å²) in [5, 5.41) is 16.1. The van der Waals surface area contributed by atoms with Gasteiger partial charge in [0.15, 0.2) is 0 Å². The molecule has 0 aliphatic heterocycles. The van der Waals surface area contributed by atoms with E-state index < -0.39 is 34.7 Å². The third-order valence-corrected chi connectivity index (χ3v) is 4.74. The SMILES string of the molecule is COC(=O)C[C@@H](c1ccc([N+](=O)[O-])cc1)[C@H](NC(=O)c1cccc(NC(C)=O)c1)C(=O)OC. The first-order chi connectivity index (χ1) is 15.7. The first-order valence-electron chi connectivity index (χ1n) is 9.73. The summed E-state index contributed by atoms with van der Waals surface area (Å²) in [6.07, 6.45) is -0.305. The van der Waals surface area contributed by atoms with Gasteiger partial charge in [-0.25, -0.2) is 4.79 Å². The lowest BCUT2D eigenvalue weighted by Crippen LogP contribution is -2.46. The molecule has 2 atom stereocenters. The Morgan fingerprint density at radius 3 is 2.24 bits per heavy atom. The number of esters is 2. The predicted octanol–water partition coefficient (Wildman–Crippen LogP) is 2.17. The minimum absolute atomic E-state index is 0.149. The van der Waals surface area contributed by atoms with Crippen LogP contribution in [0.25, 0.3) is 0 Å². The highest BCUT2D eigenvalue weighted by molar-refractivity contribution is 5.99. The van der Waals surface area contributed by atoms with Gasteiger partial charge in [-0.05, 0) is 23.8 Å². The van der Waals surface area contributed by atoms with Gasteiger partial charge in [0.2, 0.25) is 5.91 Å². The first-order valence-corrected chi connectivity index (χ1v) is 9.73. The molecule has 0 aliphatic carbocycles. The fourth-order valence-corrected chi connectivity index (χ4v) is 3.15. The number of carbonyl (C=O) groups excluding carboxylic acids is 4. The summed E-state index contributed by atoms with van der Waals surface area (Å²) in [7, 11) is 2.30. The van der Waals surface area contributed by atoms with Crippen LogP contribution >= 0.6 is 0 Å². The number of nitrogens with zero attached hydrogens (tertiary/aromatic N) is 1. The van der Waals surface area contributed by atoms with Crippen molar-refractivity contribution in [3.05, 3.63) is 69.8 Å². The Morgan fingerprint density at radius 1 is 1.03 bits per heavy atom. The zero-order chi connectivity index (χ0) is 24.5. The summed E-state index contributed by atoms with van der Waals surface area (Å²) in [5.74, 6) is -3.40. The fraction of sp³-hybridized carbons (Fsp3) is 0.273. The van der Waals surface area contributed by atoms with Crippen molar-refractivity contribution in [1.29, 1.82) is 0 Å². The number of hydrogen-bond acceptors (Lipinski definition) is 8. The van der Waals surface area contributed by atoms with Gasteiger partial charge in [-0.15, -0.1) is 0 Å². The lowest BCUT2D eigenvalue weighted by Gasteiger charge is -2.26. The van der Waals surface area contributed by atoms with E-state index in [0.717, 1.165) is 7.11 Å². The number of anilines is 1. The van der Waals surface area contributed by atoms with Crippen molar-refractivity contribution >= 4 is 35.1 Å². The smallest absolute Gasteiger partial charge is 0.329 e. The fourth-order valence-electron chi connectivity index (χ4n) is 3.15. The van der Waals surface area contributed by atoms with Crippen molar-refractivity contribution in [2.45, 2.75) is 25.3 Å². The molecule has 0 unspecified atom stereocenters. The van der Waals surface area contributed by atoms with Crippen LogP contribution in [0.3, 0.4) is 0 Å². The average molecular weight is 457 g/mol. The van der Waals surface area contributed by atoms with Gasteiger partial charge in [0.25, 0.3) is 11.6 Å². The van der Waals surface area contributed by atoms with E-state index in [2.05, 4.69) is 10.6 Å². The molecule has 174 valence electrons. The van der Waals surface area contributed by atoms with Crippen molar-refractivity contribution in [2.24, 2.45) is 0 Å². The van der Waals surface area contributed by atoms with Crippen molar-refractivity contribution in [3.63, 3.8) is 0 Å². The number of nitro benzene ring substituents is 1. The summed E-state index contributed by atoms with van der Waals surface area (Å²) >= 11 is 0. The molecule has 2 rings (SSSR count). The highest BCUT2D eigenvalue weighted by Gasteiger charge is 2.34. The van der Waals surface area contributed by atoms with E-state index in [1.807, 2.05) is 0 Å². The molecule has 0 saturated heterocycles. The number of benzene rings is 2. The number of hydrogen-bond donors (Lipinski definition) is 2. The van der Waals surface area contributed by atoms with Crippen molar-refractivity contribution in [1.82, 2.24) is 5.32 Å². The molecule has 0 bridgehead atoms. The molecule has 2 N–H and O–H groups in total. The molecule has 0 fully saturated rings. The number of nitrogens with one attached hydrogen (secondary N) is 2. The third-order valence-electron chi connectivity index (χ3n) is 4.74. The number of ether oxygens (including phenoxy) is 2. The zero-order valence-electron chi connectivity index (χ0n) is 18.2. The predicted molar refractivity (Wildman–Crippen MR) is 116 cm³/mol. The van der Waals surface area contributed by atoms with E-state index in [9.17, 15) is 29.3 Å². The first kappa shape index (κ1) is 25.0. The molecule has 0 saturated carbocycles. The van der Waals surface area contributed by atoms with E-state index in [-0.39, 0.29) is 23.6 Å².